The van der Waals surface area contributed by atoms with Gasteiger partial charge in [-0.3, -0.25) is 5.43 Å². The molecule has 1 N–H and O–H groups in total. The number of fused-ring (bicyclic) bond motifs is 2. The number of rotatable bonds is 4. The highest BCUT2D eigenvalue weighted by Crippen LogP contribution is 2.39. The molecule has 0 radical (unpaired) electrons. The van der Waals surface area contributed by atoms with Crippen LogP contribution < -0.4 is 10.2 Å². The van der Waals surface area contributed by atoms with Crippen LogP contribution in [-0.4, -0.2) is 11.7 Å². The van der Waals surface area contributed by atoms with E-state index in [9.17, 15) is 4.79 Å². The van der Waals surface area contributed by atoms with E-state index in [2.05, 4.69) is 19.3 Å². The van der Waals surface area contributed by atoms with Gasteiger partial charge in [0.15, 0.2) is 0 Å². The van der Waals surface area contributed by atoms with Gasteiger partial charge >= 0.3 is 5.97 Å². The second-order valence-corrected chi connectivity index (χ2v) is 9.28. The predicted octanol–water partition coefficient (Wildman–Crippen LogP) is 6.75. The summed E-state index contributed by atoms with van der Waals surface area (Å²) in [7, 11) is 0. The number of hydrazone groups is 1. The van der Waals surface area contributed by atoms with Crippen molar-refractivity contribution in [3.05, 3.63) is 95.4 Å². The van der Waals surface area contributed by atoms with Crippen molar-refractivity contribution >= 4 is 28.1 Å². The first-order valence-corrected chi connectivity index (χ1v) is 11.1. The number of ether oxygens (including phenoxy) is 1. The number of esters is 1. The van der Waals surface area contributed by atoms with E-state index in [0.29, 0.717) is 5.75 Å². The molecule has 0 aliphatic heterocycles. The van der Waals surface area contributed by atoms with Crippen molar-refractivity contribution in [2.75, 3.05) is 5.43 Å². The highest BCUT2D eigenvalue weighted by atomic mass is 16.5. The third-order valence-corrected chi connectivity index (χ3v) is 6.02. The molecule has 33 heavy (non-hydrogen) atoms. The standard InChI is InChI=1S/C28H26N2O3/c1-18-25-22(30-29-20-12-5-4-6-13-20)16-28(2,3)17-24(25)32-26(18)27(31)33-23-15-9-11-19-10-7-8-14-21(19)23/h4-15,29H,16-17H2,1-3H3/b30-22-. The summed E-state index contributed by atoms with van der Waals surface area (Å²) in [6, 6.07) is 23.3. The summed E-state index contributed by atoms with van der Waals surface area (Å²) in [4.78, 5) is 13.2. The molecule has 0 saturated heterocycles. The fraction of sp³-hybridized carbons (Fsp3) is 0.214. The number of furan rings is 1. The number of benzene rings is 3. The summed E-state index contributed by atoms with van der Waals surface area (Å²) in [6.45, 7) is 6.26. The van der Waals surface area contributed by atoms with Gasteiger partial charge in [-0.15, -0.1) is 0 Å². The lowest BCUT2D eigenvalue weighted by Gasteiger charge is -2.29. The van der Waals surface area contributed by atoms with Crippen molar-refractivity contribution < 1.29 is 13.9 Å². The number of para-hydroxylation sites is 1. The normalized spacial score (nSPS) is 15.9. The van der Waals surface area contributed by atoms with E-state index >= 15 is 0 Å². The Hall–Kier alpha value is -3.86. The van der Waals surface area contributed by atoms with Gasteiger partial charge in [0.25, 0.3) is 0 Å². The molecule has 3 aromatic carbocycles. The third kappa shape index (κ3) is 4.14. The van der Waals surface area contributed by atoms with Gasteiger partial charge in [0, 0.05) is 22.9 Å². The second-order valence-electron chi connectivity index (χ2n) is 9.28. The summed E-state index contributed by atoms with van der Waals surface area (Å²) >= 11 is 0. The lowest BCUT2D eigenvalue weighted by atomic mass is 9.75. The molecule has 1 heterocycles. The van der Waals surface area contributed by atoms with E-state index in [1.807, 2.05) is 73.7 Å². The predicted molar refractivity (Wildman–Crippen MR) is 131 cm³/mol. The molecular weight excluding hydrogens is 412 g/mol. The van der Waals surface area contributed by atoms with Gasteiger partial charge in [-0.25, -0.2) is 4.79 Å². The zero-order valence-electron chi connectivity index (χ0n) is 19.0. The first-order chi connectivity index (χ1) is 15.9. The Balaban J connectivity index is 1.49. The average Bonchev–Trinajstić information content (AvgIpc) is 3.13. The molecule has 0 saturated carbocycles. The summed E-state index contributed by atoms with van der Waals surface area (Å²) in [5.41, 5.74) is 6.57. The van der Waals surface area contributed by atoms with Crippen LogP contribution in [0.5, 0.6) is 5.75 Å². The lowest BCUT2D eigenvalue weighted by molar-refractivity contribution is 0.0699. The number of carbonyl (C=O) groups excluding carboxylic acids is 1. The van der Waals surface area contributed by atoms with Crippen molar-refractivity contribution in [2.45, 2.75) is 33.6 Å². The van der Waals surface area contributed by atoms with E-state index in [1.54, 1.807) is 6.07 Å². The monoisotopic (exact) mass is 438 g/mol. The van der Waals surface area contributed by atoms with Crippen molar-refractivity contribution in [3.8, 4) is 5.75 Å². The fourth-order valence-electron chi connectivity index (χ4n) is 4.48. The molecule has 0 amide bonds. The highest BCUT2D eigenvalue weighted by molar-refractivity contribution is 6.07. The summed E-state index contributed by atoms with van der Waals surface area (Å²) in [5.74, 6) is 1.04. The van der Waals surface area contributed by atoms with Crippen molar-refractivity contribution in [2.24, 2.45) is 10.5 Å². The molecule has 1 aliphatic carbocycles. The Labute approximate surface area is 193 Å². The molecule has 0 spiro atoms. The van der Waals surface area contributed by atoms with Crippen LogP contribution in [0, 0.1) is 12.3 Å². The first-order valence-electron chi connectivity index (χ1n) is 11.1. The van der Waals surface area contributed by atoms with Crippen LogP contribution in [0.3, 0.4) is 0 Å². The van der Waals surface area contributed by atoms with Gasteiger partial charge in [0.2, 0.25) is 5.76 Å². The van der Waals surface area contributed by atoms with Crippen LogP contribution in [-0.2, 0) is 6.42 Å². The number of hydrogen-bond donors (Lipinski definition) is 1. The van der Waals surface area contributed by atoms with E-state index in [0.717, 1.165) is 51.9 Å². The van der Waals surface area contributed by atoms with Crippen LogP contribution in [0.15, 0.2) is 82.3 Å². The fourth-order valence-corrected chi connectivity index (χ4v) is 4.48. The maximum atomic E-state index is 13.2. The van der Waals surface area contributed by atoms with Crippen molar-refractivity contribution in [1.82, 2.24) is 0 Å². The Morgan fingerprint density at radius 3 is 2.52 bits per heavy atom. The molecule has 166 valence electrons. The van der Waals surface area contributed by atoms with Crippen LogP contribution in [0.2, 0.25) is 0 Å². The Kier molecular flexibility index (Phi) is 5.25. The topological polar surface area (TPSA) is 63.8 Å². The quantitative estimate of drug-likeness (QED) is 0.217. The first kappa shape index (κ1) is 21.0. The Bertz CT molecular complexity index is 1360. The lowest BCUT2D eigenvalue weighted by Crippen LogP contribution is -2.27. The minimum Gasteiger partial charge on any atom is -0.453 e. The number of anilines is 1. The van der Waals surface area contributed by atoms with Crippen LogP contribution in [0.25, 0.3) is 10.8 Å². The molecule has 5 heteroatoms. The minimum absolute atomic E-state index is 0.0364. The van der Waals surface area contributed by atoms with Gasteiger partial charge in [-0.05, 0) is 42.3 Å². The number of hydrogen-bond acceptors (Lipinski definition) is 5. The van der Waals surface area contributed by atoms with E-state index in [1.165, 1.54) is 0 Å². The van der Waals surface area contributed by atoms with Crippen LogP contribution in [0.4, 0.5) is 5.69 Å². The van der Waals surface area contributed by atoms with E-state index in [4.69, 9.17) is 14.3 Å². The zero-order valence-corrected chi connectivity index (χ0v) is 19.0. The molecule has 0 fully saturated rings. The third-order valence-electron chi connectivity index (χ3n) is 6.02. The van der Waals surface area contributed by atoms with Gasteiger partial charge in [0.05, 0.1) is 11.4 Å². The highest BCUT2D eigenvalue weighted by Gasteiger charge is 2.36. The maximum Gasteiger partial charge on any atom is 0.379 e. The van der Waals surface area contributed by atoms with Crippen LogP contribution >= 0.6 is 0 Å². The molecular formula is C28H26N2O3. The van der Waals surface area contributed by atoms with Crippen molar-refractivity contribution in [1.29, 1.82) is 0 Å². The number of nitrogens with zero attached hydrogens (tertiary/aromatic N) is 1. The molecule has 5 nitrogen and oxygen atoms in total. The summed E-state index contributed by atoms with van der Waals surface area (Å²) in [6.07, 6.45) is 1.51. The molecule has 1 aromatic heterocycles. The molecule has 5 rings (SSSR count). The SMILES string of the molecule is Cc1c(C(=O)Oc2cccc3ccccc23)oc2c1/C(=N\Nc1ccccc1)CC(C)(C)C2. The van der Waals surface area contributed by atoms with Gasteiger partial charge < -0.3 is 9.15 Å². The van der Waals surface area contributed by atoms with Crippen LogP contribution in [0.1, 0.15) is 47.7 Å². The summed E-state index contributed by atoms with van der Waals surface area (Å²) < 4.78 is 11.9. The van der Waals surface area contributed by atoms with Gasteiger partial charge in [-0.2, -0.15) is 5.10 Å². The molecule has 0 unspecified atom stereocenters. The van der Waals surface area contributed by atoms with E-state index in [-0.39, 0.29) is 11.2 Å². The smallest absolute Gasteiger partial charge is 0.379 e. The Morgan fingerprint density at radius 2 is 1.70 bits per heavy atom. The molecule has 1 aliphatic rings. The number of carbonyl (C=O) groups is 1. The van der Waals surface area contributed by atoms with Gasteiger partial charge in [0.1, 0.15) is 11.5 Å². The largest absolute Gasteiger partial charge is 0.453 e. The summed E-state index contributed by atoms with van der Waals surface area (Å²) in [5, 5.41) is 6.61. The molecule has 0 atom stereocenters. The number of nitrogens with one attached hydrogen (secondary N) is 1. The minimum atomic E-state index is -0.494. The molecule has 0 bridgehead atoms. The maximum absolute atomic E-state index is 13.2. The van der Waals surface area contributed by atoms with Crippen molar-refractivity contribution in [3.63, 3.8) is 0 Å². The zero-order chi connectivity index (χ0) is 23.0. The van der Waals surface area contributed by atoms with Gasteiger partial charge in [-0.1, -0.05) is 68.4 Å². The average molecular weight is 439 g/mol. The molecule has 4 aromatic rings. The van der Waals surface area contributed by atoms with E-state index < -0.39 is 5.97 Å². The Morgan fingerprint density at radius 1 is 0.970 bits per heavy atom. The second kappa shape index (κ2) is 8.24.